The number of thioether (sulfide) groups is 1. The number of aryl methyl sites for hydroxylation is 2. The molecule has 34 heavy (non-hydrogen) atoms. The third kappa shape index (κ3) is 6.35. The lowest BCUT2D eigenvalue weighted by molar-refractivity contribution is -0.113. The van der Waals surface area contributed by atoms with Gasteiger partial charge in [0.1, 0.15) is 0 Å². The number of amides is 2. The van der Waals surface area contributed by atoms with Gasteiger partial charge in [0.05, 0.1) is 11.8 Å². The molecule has 0 aliphatic rings. The van der Waals surface area contributed by atoms with Gasteiger partial charge in [0.15, 0.2) is 11.0 Å². The van der Waals surface area contributed by atoms with Gasteiger partial charge in [0.2, 0.25) is 5.91 Å². The van der Waals surface area contributed by atoms with Gasteiger partial charge in [-0.15, -0.1) is 16.8 Å². The van der Waals surface area contributed by atoms with Crippen LogP contribution in [-0.2, 0) is 11.3 Å². The Labute approximate surface area is 205 Å². The van der Waals surface area contributed by atoms with Gasteiger partial charge in [-0.1, -0.05) is 67.6 Å². The third-order valence-electron chi connectivity index (χ3n) is 5.32. The maximum Gasteiger partial charge on any atom is 0.251 e. The van der Waals surface area contributed by atoms with Gasteiger partial charge in [-0.2, -0.15) is 0 Å². The molecule has 0 radical (unpaired) electrons. The van der Waals surface area contributed by atoms with E-state index in [1.807, 2.05) is 74.7 Å². The maximum absolute atomic E-state index is 12.9. The topological polar surface area (TPSA) is 88.9 Å². The minimum atomic E-state index is -0.351. The zero-order valence-electron chi connectivity index (χ0n) is 20.0. The Bertz CT molecular complexity index is 1170. The number of allylic oxidation sites excluding steroid dienone is 1. The predicted octanol–water partition coefficient (Wildman–Crippen LogP) is 4.94. The number of carbonyl (C=O) groups is 2. The summed E-state index contributed by atoms with van der Waals surface area (Å²) in [5.41, 5.74) is 3.41. The highest BCUT2D eigenvalue weighted by Crippen LogP contribution is 2.26. The number of rotatable bonds is 10. The minimum absolute atomic E-state index is 0.0729. The van der Waals surface area contributed by atoms with Crippen LogP contribution in [0.3, 0.4) is 0 Å². The van der Waals surface area contributed by atoms with Crippen molar-refractivity contribution in [1.29, 1.82) is 0 Å². The lowest BCUT2D eigenvalue weighted by Crippen LogP contribution is -2.34. The Hall–Kier alpha value is -3.39. The summed E-state index contributed by atoms with van der Waals surface area (Å²) < 4.78 is 1.90. The number of para-hydroxylation sites is 1. The Morgan fingerprint density at radius 1 is 1.12 bits per heavy atom. The number of nitrogens with zero attached hydrogens (tertiary/aromatic N) is 3. The van der Waals surface area contributed by atoms with E-state index in [1.165, 1.54) is 11.8 Å². The van der Waals surface area contributed by atoms with Crippen LogP contribution in [0.15, 0.2) is 66.3 Å². The fraction of sp³-hybridized carbons (Fsp3) is 0.308. The second-order valence-electron chi connectivity index (χ2n) is 8.46. The Kier molecular flexibility index (Phi) is 8.65. The van der Waals surface area contributed by atoms with E-state index in [0.717, 1.165) is 16.8 Å². The number of benzene rings is 2. The average Bonchev–Trinajstić information content (AvgIpc) is 3.19. The number of aromatic nitrogens is 3. The molecular weight excluding hydrogens is 446 g/mol. The second-order valence-corrected chi connectivity index (χ2v) is 9.40. The molecule has 1 aromatic heterocycles. The van der Waals surface area contributed by atoms with Crippen molar-refractivity contribution in [3.63, 3.8) is 0 Å². The van der Waals surface area contributed by atoms with Crippen molar-refractivity contribution in [2.45, 2.75) is 45.4 Å². The largest absolute Gasteiger partial charge is 0.342 e. The number of hydrogen-bond acceptors (Lipinski definition) is 5. The van der Waals surface area contributed by atoms with Gasteiger partial charge in [0, 0.05) is 17.8 Å². The van der Waals surface area contributed by atoms with Crippen LogP contribution < -0.4 is 10.6 Å². The maximum atomic E-state index is 12.9. The van der Waals surface area contributed by atoms with Gasteiger partial charge < -0.3 is 15.2 Å². The van der Waals surface area contributed by atoms with Crippen molar-refractivity contribution in [3.05, 3.63) is 83.7 Å². The third-order valence-corrected chi connectivity index (χ3v) is 6.29. The molecule has 0 fully saturated rings. The molecule has 0 aliphatic heterocycles. The molecule has 2 N–H and O–H groups in total. The molecule has 0 spiro atoms. The van der Waals surface area contributed by atoms with Gasteiger partial charge in [-0.3, -0.25) is 9.59 Å². The monoisotopic (exact) mass is 477 g/mol. The van der Waals surface area contributed by atoms with Crippen LogP contribution >= 0.6 is 11.8 Å². The van der Waals surface area contributed by atoms with Crippen LogP contribution in [0.25, 0.3) is 0 Å². The molecule has 8 heteroatoms. The van der Waals surface area contributed by atoms with Gasteiger partial charge >= 0.3 is 0 Å². The Morgan fingerprint density at radius 3 is 2.56 bits per heavy atom. The molecule has 0 aliphatic carbocycles. The van der Waals surface area contributed by atoms with Crippen molar-refractivity contribution in [1.82, 2.24) is 20.1 Å². The van der Waals surface area contributed by atoms with Crippen LogP contribution in [0.5, 0.6) is 0 Å². The zero-order chi connectivity index (χ0) is 24.7. The van der Waals surface area contributed by atoms with Crippen molar-refractivity contribution in [2.24, 2.45) is 5.92 Å². The van der Waals surface area contributed by atoms with Crippen LogP contribution in [0, 0.1) is 19.8 Å². The highest BCUT2D eigenvalue weighted by molar-refractivity contribution is 7.99. The Morgan fingerprint density at radius 2 is 1.88 bits per heavy atom. The lowest BCUT2D eigenvalue weighted by Gasteiger charge is -2.22. The standard InChI is InChI=1S/C26H31N5O2S/c1-6-14-31-24(23(17(2)3)28-25(33)20-12-9-10-18(4)15-20)29-30-26(31)34-16-22(32)27-21-13-8-7-11-19(21)5/h6-13,15,17,23H,1,14,16H2,2-5H3,(H,27,32)(H,28,33)/t23-/m0/s1. The first-order valence-electron chi connectivity index (χ1n) is 11.2. The second kappa shape index (κ2) is 11.7. The smallest absolute Gasteiger partial charge is 0.251 e. The minimum Gasteiger partial charge on any atom is -0.342 e. The van der Waals surface area contributed by atoms with E-state index >= 15 is 0 Å². The first kappa shape index (κ1) is 25.2. The first-order chi connectivity index (χ1) is 16.3. The van der Waals surface area contributed by atoms with Gasteiger partial charge in [0.25, 0.3) is 5.91 Å². The van der Waals surface area contributed by atoms with E-state index in [4.69, 9.17) is 0 Å². The average molecular weight is 478 g/mol. The summed E-state index contributed by atoms with van der Waals surface area (Å²) in [6.07, 6.45) is 1.75. The molecule has 3 rings (SSSR count). The van der Waals surface area contributed by atoms with E-state index in [1.54, 1.807) is 12.1 Å². The summed E-state index contributed by atoms with van der Waals surface area (Å²) in [4.78, 5) is 25.4. The summed E-state index contributed by atoms with van der Waals surface area (Å²) in [5, 5.41) is 15.4. The fourth-order valence-electron chi connectivity index (χ4n) is 3.51. The van der Waals surface area contributed by atoms with Gasteiger partial charge in [-0.05, 0) is 43.5 Å². The quantitative estimate of drug-likeness (QED) is 0.319. The molecule has 0 unspecified atom stereocenters. The number of anilines is 1. The van der Waals surface area contributed by atoms with E-state index < -0.39 is 0 Å². The van der Waals surface area contributed by atoms with E-state index in [9.17, 15) is 9.59 Å². The summed E-state index contributed by atoms with van der Waals surface area (Å²) in [5.74, 6) is 0.608. The molecule has 7 nitrogen and oxygen atoms in total. The van der Waals surface area contributed by atoms with Crippen LogP contribution in [0.4, 0.5) is 5.69 Å². The fourth-order valence-corrected chi connectivity index (χ4v) is 4.26. The molecule has 1 atom stereocenters. The molecule has 1 heterocycles. The summed E-state index contributed by atoms with van der Waals surface area (Å²) in [6, 6.07) is 14.8. The van der Waals surface area contributed by atoms with Gasteiger partial charge in [-0.25, -0.2) is 0 Å². The summed E-state index contributed by atoms with van der Waals surface area (Å²) in [6.45, 7) is 12.3. The van der Waals surface area contributed by atoms with Crippen molar-refractivity contribution in [3.8, 4) is 0 Å². The van der Waals surface area contributed by atoms with E-state index in [2.05, 4.69) is 27.4 Å². The predicted molar refractivity (Wildman–Crippen MR) is 137 cm³/mol. The highest BCUT2D eigenvalue weighted by Gasteiger charge is 2.26. The lowest BCUT2D eigenvalue weighted by atomic mass is 10.0. The zero-order valence-corrected chi connectivity index (χ0v) is 20.9. The molecule has 0 saturated heterocycles. The molecule has 0 bridgehead atoms. The van der Waals surface area contributed by atoms with E-state index in [0.29, 0.717) is 23.1 Å². The normalized spacial score (nSPS) is 11.8. The van der Waals surface area contributed by atoms with Crippen LogP contribution in [0.2, 0.25) is 0 Å². The molecule has 0 saturated carbocycles. The highest BCUT2D eigenvalue weighted by atomic mass is 32.2. The summed E-state index contributed by atoms with van der Waals surface area (Å²) >= 11 is 1.30. The van der Waals surface area contributed by atoms with Crippen LogP contribution in [0.1, 0.15) is 47.2 Å². The molecular formula is C26H31N5O2S. The molecule has 178 valence electrons. The number of hydrogen-bond donors (Lipinski definition) is 2. The van der Waals surface area contributed by atoms with Crippen molar-refractivity contribution in [2.75, 3.05) is 11.1 Å². The molecule has 3 aromatic rings. The van der Waals surface area contributed by atoms with E-state index in [-0.39, 0.29) is 29.5 Å². The first-order valence-corrected chi connectivity index (χ1v) is 12.2. The Balaban J connectivity index is 1.76. The SMILES string of the molecule is C=CCn1c(SCC(=O)Nc2ccccc2C)nnc1[C@@H](NC(=O)c1cccc(C)c1)C(C)C. The number of nitrogens with one attached hydrogen (secondary N) is 2. The van der Waals surface area contributed by atoms with Crippen LogP contribution in [-0.4, -0.2) is 32.3 Å². The van der Waals surface area contributed by atoms with Crippen molar-refractivity contribution >= 4 is 29.3 Å². The molecule has 2 amide bonds. The number of carbonyl (C=O) groups excluding carboxylic acids is 2. The molecule has 2 aromatic carbocycles. The van der Waals surface area contributed by atoms with Crippen molar-refractivity contribution < 1.29 is 9.59 Å². The summed E-state index contributed by atoms with van der Waals surface area (Å²) in [7, 11) is 0.